The number of hydrogen-bond acceptors (Lipinski definition) is 4. The third-order valence-corrected chi connectivity index (χ3v) is 5.16. The Morgan fingerprint density at radius 3 is 2.80 bits per heavy atom. The molecule has 152 valence electrons. The molecule has 2 N–H and O–H groups in total. The van der Waals surface area contributed by atoms with Crippen LogP contribution in [0.15, 0.2) is 66.9 Å². The number of pyridine rings is 1. The van der Waals surface area contributed by atoms with Crippen LogP contribution in [0.5, 0.6) is 0 Å². The lowest BCUT2D eigenvalue weighted by molar-refractivity contribution is 0.0954. The van der Waals surface area contributed by atoms with E-state index >= 15 is 0 Å². The van der Waals surface area contributed by atoms with Gasteiger partial charge in [-0.05, 0) is 54.8 Å². The molecule has 0 bridgehead atoms. The fourth-order valence-corrected chi connectivity index (χ4v) is 3.68. The van der Waals surface area contributed by atoms with Gasteiger partial charge in [0.05, 0.1) is 5.56 Å². The maximum absolute atomic E-state index is 13.3. The van der Waals surface area contributed by atoms with Crippen LogP contribution in [-0.2, 0) is 13.0 Å². The van der Waals surface area contributed by atoms with E-state index in [1.165, 1.54) is 5.56 Å². The van der Waals surface area contributed by atoms with E-state index in [1.807, 2.05) is 48.2 Å². The molecule has 30 heavy (non-hydrogen) atoms. The molecule has 1 aromatic heterocycles. The van der Waals surface area contributed by atoms with E-state index in [4.69, 9.17) is 0 Å². The quantitative estimate of drug-likeness (QED) is 0.662. The number of nitrogens with zero attached hydrogens (tertiary/aromatic N) is 2. The van der Waals surface area contributed by atoms with Crippen LogP contribution in [0.1, 0.15) is 38.8 Å². The first-order valence-electron chi connectivity index (χ1n) is 10.1. The second-order valence-corrected chi connectivity index (χ2v) is 7.15. The van der Waals surface area contributed by atoms with Crippen molar-refractivity contribution in [3.63, 3.8) is 0 Å². The summed E-state index contributed by atoms with van der Waals surface area (Å²) < 4.78 is 0. The second-order valence-electron chi connectivity index (χ2n) is 7.15. The van der Waals surface area contributed by atoms with E-state index in [0.717, 1.165) is 17.7 Å². The number of nitrogens with one attached hydrogen (secondary N) is 2. The number of carbonyl (C=O) groups excluding carboxylic acids is 2. The Labute approximate surface area is 175 Å². The first-order valence-corrected chi connectivity index (χ1v) is 10.1. The number of para-hydroxylation sites is 1. The Morgan fingerprint density at radius 1 is 1.07 bits per heavy atom. The maximum atomic E-state index is 13.3. The molecule has 3 aromatic rings. The Hall–Kier alpha value is -3.67. The zero-order valence-electron chi connectivity index (χ0n) is 16.9. The van der Waals surface area contributed by atoms with Crippen LogP contribution in [0.3, 0.4) is 0 Å². The van der Waals surface area contributed by atoms with Crippen LogP contribution in [0, 0.1) is 0 Å². The summed E-state index contributed by atoms with van der Waals surface area (Å²) in [6.07, 6.45) is 2.53. The molecular weight excluding hydrogens is 376 g/mol. The number of fused-ring (bicyclic) bond motifs is 1. The predicted molar refractivity (Wildman–Crippen MR) is 118 cm³/mol. The van der Waals surface area contributed by atoms with E-state index in [2.05, 4.69) is 21.7 Å². The van der Waals surface area contributed by atoms with Crippen molar-refractivity contribution < 1.29 is 9.59 Å². The number of aromatic nitrogens is 1. The van der Waals surface area contributed by atoms with Gasteiger partial charge in [0, 0.05) is 37.1 Å². The van der Waals surface area contributed by atoms with Gasteiger partial charge in [0.15, 0.2) is 0 Å². The molecule has 2 amide bonds. The van der Waals surface area contributed by atoms with Gasteiger partial charge in [-0.15, -0.1) is 0 Å². The van der Waals surface area contributed by atoms with Crippen molar-refractivity contribution in [2.24, 2.45) is 0 Å². The van der Waals surface area contributed by atoms with Gasteiger partial charge in [0.1, 0.15) is 5.82 Å². The molecule has 2 aromatic carbocycles. The Bertz CT molecular complexity index is 1080. The summed E-state index contributed by atoms with van der Waals surface area (Å²) in [7, 11) is 0. The number of carbonyl (C=O) groups is 2. The molecule has 0 fully saturated rings. The molecule has 0 atom stereocenters. The first kappa shape index (κ1) is 19.6. The molecule has 2 heterocycles. The van der Waals surface area contributed by atoms with Crippen LogP contribution in [0.4, 0.5) is 11.5 Å². The molecular formula is C24H24N4O2. The van der Waals surface area contributed by atoms with Crippen LogP contribution in [0.25, 0.3) is 0 Å². The van der Waals surface area contributed by atoms with Crippen molar-refractivity contribution in [1.29, 1.82) is 0 Å². The lowest BCUT2D eigenvalue weighted by Crippen LogP contribution is -2.29. The fourth-order valence-electron chi connectivity index (χ4n) is 3.68. The van der Waals surface area contributed by atoms with E-state index in [0.29, 0.717) is 36.6 Å². The normalized spacial score (nSPS) is 12.4. The molecule has 6 nitrogen and oxygen atoms in total. The SMILES string of the molecule is CCNC(=O)c1cccc(CNc2ncccc2C(=O)N2CCc3ccccc32)c1. The van der Waals surface area contributed by atoms with Crippen LogP contribution < -0.4 is 15.5 Å². The lowest BCUT2D eigenvalue weighted by Gasteiger charge is -2.19. The van der Waals surface area contributed by atoms with Crippen molar-refractivity contribution >= 4 is 23.3 Å². The zero-order valence-corrected chi connectivity index (χ0v) is 16.9. The molecule has 0 unspecified atom stereocenters. The highest BCUT2D eigenvalue weighted by Crippen LogP contribution is 2.30. The van der Waals surface area contributed by atoms with Gasteiger partial charge in [0.25, 0.3) is 11.8 Å². The molecule has 6 heteroatoms. The summed E-state index contributed by atoms with van der Waals surface area (Å²) in [4.78, 5) is 31.5. The van der Waals surface area contributed by atoms with Gasteiger partial charge in [-0.25, -0.2) is 4.98 Å². The maximum Gasteiger partial charge on any atom is 0.262 e. The van der Waals surface area contributed by atoms with E-state index in [9.17, 15) is 9.59 Å². The summed E-state index contributed by atoms with van der Waals surface area (Å²) in [5.74, 6) is 0.377. The largest absolute Gasteiger partial charge is 0.365 e. The minimum atomic E-state index is -0.0965. The highest BCUT2D eigenvalue weighted by atomic mass is 16.2. The number of hydrogen-bond donors (Lipinski definition) is 2. The molecule has 1 aliphatic rings. The second kappa shape index (κ2) is 8.78. The van der Waals surface area contributed by atoms with E-state index < -0.39 is 0 Å². The third-order valence-electron chi connectivity index (χ3n) is 5.16. The fraction of sp³-hybridized carbons (Fsp3) is 0.208. The van der Waals surface area contributed by atoms with E-state index in [1.54, 1.807) is 24.4 Å². The zero-order chi connectivity index (χ0) is 20.9. The Kier molecular flexibility index (Phi) is 5.75. The monoisotopic (exact) mass is 400 g/mol. The van der Waals surface area contributed by atoms with Crippen molar-refractivity contribution in [2.45, 2.75) is 19.9 Å². The van der Waals surface area contributed by atoms with Crippen molar-refractivity contribution in [1.82, 2.24) is 10.3 Å². The predicted octanol–water partition coefficient (Wildman–Crippen LogP) is 3.65. The highest BCUT2D eigenvalue weighted by Gasteiger charge is 2.26. The molecule has 4 rings (SSSR count). The number of anilines is 2. The van der Waals surface area contributed by atoms with Gasteiger partial charge in [-0.2, -0.15) is 0 Å². The van der Waals surface area contributed by atoms with Gasteiger partial charge in [-0.1, -0.05) is 30.3 Å². The third kappa shape index (κ3) is 4.03. The van der Waals surface area contributed by atoms with E-state index in [-0.39, 0.29) is 11.8 Å². The molecule has 1 aliphatic heterocycles. The highest BCUT2D eigenvalue weighted by molar-refractivity contribution is 6.10. The summed E-state index contributed by atoms with van der Waals surface area (Å²) in [5.41, 5.74) is 4.24. The Balaban J connectivity index is 1.52. The van der Waals surface area contributed by atoms with Gasteiger partial charge in [-0.3, -0.25) is 9.59 Å². The average molecular weight is 400 g/mol. The first-order chi connectivity index (χ1) is 14.7. The molecule has 0 spiro atoms. The number of rotatable bonds is 6. The van der Waals surface area contributed by atoms with Gasteiger partial charge >= 0.3 is 0 Å². The van der Waals surface area contributed by atoms with Crippen molar-refractivity contribution in [3.8, 4) is 0 Å². The Morgan fingerprint density at radius 2 is 1.93 bits per heavy atom. The van der Waals surface area contributed by atoms with Crippen LogP contribution in [-0.4, -0.2) is 29.9 Å². The summed E-state index contributed by atoms with van der Waals surface area (Å²) in [6, 6.07) is 19.0. The van der Waals surface area contributed by atoms with Crippen LogP contribution >= 0.6 is 0 Å². The average Bonchev–Trinajstić information content (AvgIpc) is 3.22. The smallest absolute Gasteiger partial charge is 0.262 e. The standard InChI is InChI=1S/C24H24N4O2/c1-2-25-23(29)19-9-5-7-17(15-19)16-27-22-20(10-6-13-26-22)24(30)28-14-12-18-8-3-4-11-21(18)28/h3-11,13,15H,2,12,14,16H2,1H3,(H,25,29)(H,26,27). The minimum absolute atomic E-state index is 0.0633. The summed E-state index contributed by atoms with van der Waals surface area (Å²) >= 11 is 0. The lowest BCUT2D eigenvalue weighted by atomic mass is 10.1. The number of benzene rings is 2. The molecule has 0 radical (unpaired) electrons. The molecule has 0 aliphatic carbocycles. The van der Waals surface area contributed by atoms with Gasteiger partial charge < -0.3 is 15.5 Å². The van der Waals surface area contributed by atoms with Crippen molar-refractivity contribution in [2.75, 3.05) is 23.3 Å². The topological polar surface area (TPSA) is 74.3 Å². The molecule has 0 saturated carbocycles. The summed E-state index contributed by atoms with van der Waals surface area (Å²) in [6.45, 7) is 3.60. The van der Waals surface area contributed by atoms with Crippen molar-refractivity contribution in [3.05, 3.63) is 89.1 Å². The molecule has 0 saturated heterocycles. The minimum Gasteiger partial charge on any atom is -0.365 e. The number of amides is 2. The van der Waals surface area contributed by atoms with Crippen LogP contribution in [0.2, 0.25) is 0 Å². The van der Waals surface area contributed by atoms with Gasteiger partial charge in [0.2, 0.25) is 0 Å². The summed E-state index contributed by atoms with van der Waals surface area (Å²) in [5, 5.41) is 6.07.